The lowest BCUT2D eigenvalue weighted by Gasteiger charge is -2.21. The van der Waals surface area contributed by atoms with E-state index in [9.17, 15) is 0 Å². The second kappa shape index (κ2) is 4.74. The van der Waals surface area contributed by atoms with Crippen LogP contribution in [0.3, 0.4) is 0 Å². The van der Waals surface area contributed by atoms with Gasteiger partial charge in [0.1, 0.15) is 0 Å². The molecule has 1 heterocycles. The van der Waals surface area contributed by atoms with Crippen molar-refractivity contribution in [1.82, 2.24) is 10.2 Å². The molecule has 0 spiro atoms. The van der Waals surface area contributed by atoms with Crippen molar-refractivity contribution in [3.63, 3.8) is 0 Å². The van der Waals surface area contributed by atoms with E-state index in [2.05, 4.69) is 40.5 Å². The minimum Gasteiger partial charge on any atom is -0.282 e. The zero-order valence-corrected chi connectivity index (χ0v) is 10.0. The summed E-state index contributed by atoms with van der Waals surface area (Å²) >= 11 is 0. The molecule has 2 aromatic rings. The molecule has 1 N–H and O–H groups in total. The van der Waals surface area contributed by atoms with E-state index < -0.39 is 0 Å². The third kappa shape index (κ3) is 2.12. The average molecular weight is 226 g/mol. The molecule has 0 aliphatic heterocycles. The van der Waals surface area contributed by atoms with Gasteiger partial charge >= 0.3 is 0 Å². The Morgan fingerprint density at radius 3 is 2.53 bits per heavy atom. The monoisotopic (exact) mass is 226 g/mol. The predicted molar refractivity (Wildman–Crippen MR) is 69.8 cm³/mol. The minimum atomic E-state index is 0.682. The van der Waals surface area contributed by atoms with Crippen molar-refractivity contribution in [2.75, 3.05) is 0 Å². The number of aromatic nitrogens is 2. The Hall–Kier alpha value is -1.57. The summed E-state index contributed by atoms with van der Waals surface area (Å²) in [6, 6.07) is 10.6. The SMILES string of the molecule is c1ccc(-c2cn[nH]c2C2CCCCC2)cc1. The lowest BCUT2D eigenvalue weighted by molar-refractivity contribution is 0.437. The summed E-state index contributed by atoms with van der Waals surface area (Å²) in [5.41, 5.74) is 3.91. The van der Waals surface area contributed by atoms with Crippen LogP contribution < -0.4 is 0 Å². The molecule has 88 valence electrons. The highest BCUT2D eigenvalue weighted by Crippen LogP contribution is 2.36. The first-order valence-corrected chi connectivity index (χ1v) is 6.54. The molecule has 1 aromatic heterocycles. The van der Waals surface area contributed by atoms with Gasteiger partial charge in [-0.25, -0.2) is 0 Å². The molecule has 1 fully saturated rings. The van der Waals surface area contributed by atoms with E-state index >= 15 is 0 Å². The van der Waals surface area contributed by atoms with Gasteiger partial charge in [0.2, 0.25) is 0 Å². The topological polar surface area (TPSA) is 28.7 Å². The number of nitrogens with one attached hydrogen (secondary N) is 1. The quantitative estimate of drug-likeness (QED) is 0.819. The van der Waals surface area contributed by atoms with Crippen molar-refractivity contribution >= 4 is 0 Å². The Morgan fingerprint density at radius 1 is 1.00 bits per heavy atom. The molecule has 1 aromatic carbocycles. The zero-order chi connectivity index (χ0) is 11.5. The molecule has 17 heavy (non-hydrogen) atoms. The van der Waals surface area contributed by atoms with E-state index in [0.717, 1.165) is 0 Å². The van der Waals surface area contributed by atoms with Crippen LogP contribution in [0.1, 0.15) is 43.7 Å². The summed E-state index contributed by atoms with van der Waals surface area (Å²) in [6.45, 7) is 0. The molecule has 3 rings (SSSR count). The molecule has 0 bridgehead atoms. The van der Waals surface area contributed by atoms with Gasteiger partial charge in [0.15, 0.2) is 0 Å². The molecule has 1 aliphatic carbocycles. The first-order chi connectivity index (χ1) is 8.45. The fourth-order valence-electron chi connectivity index (χ4n) is 2.85. The van der Waals surface area contributed by atoms with E-state index in [0.29, 0.717) is 5.92 Å². The first kappa shape index (κ1) is 10.6. The molecule has 0 unspecified atom stereocenters. The minimum absolute atomic E-state index is 0.682. The van der Waals surface area contributed by atoms with Crippen molar-refractivity contribution in [2.45, 2.75) is 38.0 Å². The summed E-state index contributed by atoms with van der Waals surface area (Å²) in [7, 11) is 0. The maximum atomic E-state index is 4.25. The van der Waals surface area contributed by atoms with Gasteiger partial charge in [0, 0.05) is 17.2 Å². The van der Waals surface area contributed by atoms with Crippen LogP contribution >= 0.6 is 0 Å². The molecule has 0 atom stereocenters. The summed E-state index contributed by atoms with van der Waals surface area (Å²) in [4.78, 5) is 0. The van der Waals surface area contributed by atoms with E-state index in [-0.39, 0.29) is 0 Å². The van der Waals surface area contributed by atoms with Gasteiger partial charge in [-0.2, -0.15) is 5.10 Å². The van der Waals surface area contributed by atoms with Crippen molar-refractivity contribution < 1.29 is 0 Å². The second-order valence-electron chi connectivity index (χ2n) is 4.90. The van der Waals surface area contributed by atoms with Gasteiger partial charge in [-0.3, -0.25) is 5.10 Å². The molecule has 0 saturated heterocycles. The van der Waals surface area contributed by atoms with E-state index in [4.69, 9.17) is 0 Å². The first-order valence-electron chi connectivity index (χ1n) is 6.54. The van der Waals surface area contributed by atoms with Gasteiger partial charge in [-0.05, 0) is 18.4 Å². The predicted octanol–water partition coefficient (Wildman–Crippen LogP) is 4.12. The number of hydrogen-bond acceptors (Lipinski definition) is 1. The number of hydrogen-bond donors (Lipinski definition) is 1. The average Bonchev–Trinajstić information content (AvgIpc) is 2.90. The molecule has 1 saturated carbocycles. The van der Waals surface area contributed by atoms with Crippen LogP contribution in [0, 0.1) is 0 Å². The Kier molecular flexibility index (Phi) is 2.95. The Bertz CT molecular complexity index is 467. The molecular weight excluding hydrogens is 208 g/mol. The lowest BCUT2D eigenvalue weighted by Crippen LogP contribution is -2.06. The smallest absolute Gasteiger partial charge is 0.0568 e. The van der Waals surface area contributed by atoms with Crippen LogP contribution in [0.4, 0.5) is 0 Å². The van der Waals surface area contributed by atoms with Crippen molar-refractivity contribution in [1.29, 1.82) is 0 Å². The molecule has 2 heteroatoms. The fourth-order valence-corrected chi connectivity index (χ4v) is 2.85. The Morgan fingerprint density at radius 2 is 1.76 bits per heavy atom. The lowest BCUT2D eigenvalue weighted by atomic mass is 9.84. The van der Waals surface area contributed by atoms with Crippen LogP contribution in [0.15, 0.2) is 36.5 Å². The largest absolute Gasteiger partial charge is 0.282 e. The Labute approximate surface area is 102 Å². The molecule has 2 nitrogen and oxygen atoms in total. The third-order valence-corrected chi connectivity index (χ3v) is 3.77. The maximum absolute atomic E-state index is 4.25. The molecular formula is C15H18N2. The van der Waals surface area contributed by atoms with E-state index in [1.165, 1.54) is 48.9 Å². The zero-order valence-electron chi connectivity index (χ0n) is 10.0. The van der Waals surface area contributed by atoms with Gasteiger partial charge in [-0.15, -0.1) is 0 Å². The Balaban J connectivity index is 1.93. The highest BCUT2D eigenvalue weighted by molar-refractivity contribution is 5.65. The molecule has 0 amide bonds. The van der Waals surface area contributed by atoms with E-state index in [1.54, 1.807) is 0 Å². The highest BCUT2D eigenvalue weighted by Gasteiger charge is 2.20. The highest BCUT2D eigenvalue weighted by atomic mass is 15.1. The van der Waals surface area contributed by atoms with Crippen LogP contribution in [-0.2, 0) is 0 Å². The molecule has 1 aliphatic rings. The van der Waals surface area contributed by atoms with Crippen LogP contribution in [0.25, 0.3) is 11.1 Å². The van der Waals surface area contributed by atoms with Crippen LogP contribution in [-0.4, -0.2) is 10.2 Å². The van der Waals surface area contributed by atoms with Crippen molar-refractivity contribution in [3.8, 4) is 11.1 Å². The van der Waals surface area contributed by atoms with Crippen molar-refractivity contribution in [3.05, 3.63) is 42.2 Å². The number of H-pyrrole nitrogens is 1. The maximum Gasteiger partial charge on any atom is 0.0568 e. The number of benzene rings is 1. The van der Waals surface area contributed by atoms with Gasteiger partial charge < -0.3 is 0 Å². The summed E-state index contributed by atoms with van der Waals surface area (Å²) in [6.07, 6.45) is 8.70. The second-order valence-corrected chi connectivity index (χ2v) is 4.90. The third-order valence-electron chi connectivity index (χ3n) is 3.77. The van der Waals surface area contributed by atoms with Gasteiger partial charge in [0.25, 0.3) is 0 Å². The van der Waals surface area contributed by atoms with E-state index in [1.807, 2.05) is 6.20 Å². The number of nitrogens with zero attached hydrogens (tertiary/aromatic N) is 1. The summed E-state index contributed by atoms with van der Waals surface area (Å²) in [5.74, 6) is 0.682. The summed E-state index contributed by atoms with van der Waals surface area (Å²) < 4.78 is 0. The molecule has 0 radical (unpaired) electrons. The normalized spacial score (nSPS) is 17.2. The van der Waals surface area contributed by atoms with Gasteiger partial charge in [-0.1, -0.05) is 49.6 Å². The van der Waals surface area contributed by atoms with Crippen molar-refractivity contribution in [2.24, 2.45) is 0 Å². The standard InChI is InChI=1S/C15H18N2/c1-3-7-12(8-4-1)14-11-16-17-15(14)13-9-5-2-6-10-13/h1,3-4,7-8,11,13H,2,5-6,9-10H2,(H,16,17). The van der Waals surface area contributed by atoms with Gasteiger partial charge in [0.05, 0.1) is 6.20 Å². The van der Waals surface area contributed by atoms with Crippen LogP contribution in [0.5, 0.6) is 0 Å². The number of aromatic amines is 1. The van der Waals surface area contributed by atoms with Crippen LogP contribution in [0.2, 0.25) is 0 Å². The number of rotatable bonds is 2. The fraction of sp³-hybridized carbons (Fsp3) is 0.400. The summed E-state index contributed by atoms with van der Waals surface area (Å²) in [5, 5.41) is 7.47.